The van der Waals surface area contributed by atoms with Crippen LogP contribution >= 0.6 is 0 Å². The van der Waals surface area contributed by atoms with Gasteiger partial charge in [0.1, 0.15) is 0 Å². The summed E-state index contributed by atoms with van der Waals surface area (Å²) in [6.45, 7) is 7.48. The predicted octanol–water partition coefficient (Wildman–Crippen LogP) is 5.89. The molecule has 0 saturated carbocycles. The first-order valence-electron chi connectivity index (χ1n) is 7.85. The van der Waals surface area contributed by atoms with Gasteiger partial charge in [0.25, 0.3) is 0 Å². The molecule has 0 aliphatic rings. The van der Waals surface area contributed by atoms with Crippen LogP contribution in [0.2, 0.25) is 0 Å². The zero-order valence-corrected chi connectivity index (χ0v) is 12.2. The van der Waals surface area contributed by atoms with E-state index < -0.39 is 0 Å². The van der Waals surface area contributed by atoms with E-state index in [1.165, 1.54) is 70.6 Å². The van der Waals surface area contributed by atoms with Gasteiger partial charge in [0.2, 0.25) is 0 Å². The quantitative estimate of drug-likeness (QED) is 0.345. The highest BCUT2D eigenvalue weighted by molar-refractivity contribution is 4.53. The SMILES string of the molecule is CCCCCCCC[CH]OCCCCCCC. The monoisotopic (exact) mass is 241 g/mol. The van der Waals surface area contributed by atoms with E-state index in [9.17, 15) is 0 Å². The molecule has 0 unspecified atom stereocenters. The number of ether oxygens (including phenoxy) is 1. The molecule has 1 nitrogen and oxygen atoms in total. The van der Waals surface area contributed by atoms with Crippen molar-refractivity contribution in [3.63, 3.8) is 0 Å². The molecule has 17 heavy (non-hydrogen) atoms. The third-order valence-electron chi connectivity index (χ3n) is 3.16. The van der Waals surface area contributed by atoms with Crippen molar-refractivity contribution in [3.8, 4) is 0 Å². The van der Waals surface area contributed by atoms with E-state index in [4.69, 9.17) is 4.74 Å². The molecule has 0 aliphatic carbocycles. The molecule has 0 spiro atoms. The second kappa shape index (κ2) is 16.0. The van der Waals surface area contributed by atoms with Crippen molar-refractivity contribution < 1.29 is 4.74 Å². The molecule has 103 valence electrons. The Kier molecular flexibility index (Phi) is 15.9. The minimum atomic E-state index is 0.930. The molecule has 0 heterocycles. The number of hydrogen-bond acceptors (Lipinski definition) is 1. The average Bonchev–Trinajstić information content (AvgIpc) is 2.35. The summed E-state index contributed by atoms with van der Waals surface area (Å²) in [4.78, 5) is 0. The summed E-state index contributed by atoms with van der Waals surface area (Å²) in [6, 6.07) is 0. The fourth-order valence-corrected chi connectivity index (χ4v) is 1.96. The number of rotatable bonds is 14. The van der Waals surface area contributed by atoms with E-state index in [1.807, 2.05) is 6.61 Å². The van der Waals surface area contributed by atoms with E-state index in [-0.39, 0.29) is 0 Å². The van der Waals surface area contributed by atoms with Gasteiger partial charge in [0.15, 0.2) is 0 Å². The molecule has 1 radical (unpaired) electrons. The third-order valence-corrected chi connectivity index (χ3v) is 3.16. The van der Waals surface area contributed by atoms with Gasteiger partial charge in [-0.3, -0.25) is 0 Å². The lowest BCUT2D eigenvalue weighted by Crippen LogP contribution is -1.92. The van der Waals surface area contributed by atoms with Gasteiger partial charge in [-0.25, -0.2) is 0 Å². The second-order valence-corrected chi connectivity index (χ2v) is 5.01. The molecule has 0 aromatic carbocycles. The highest BCUT2D eigenvalue weighted by atomic mass is 16.5. The zero-order valence-electron chi connectivity index (χ0n) is 12.2. The molecular weight excluding hydrogens is 208 g/mol. The van der Waals surface area contributed by atoms with Crippen LogP contribution in [-0.2, 0) is 4.74 Å². The largest absolute Gasteiger partial charge is 0.376 e. The Hall–Kier alpha value is -0.0400. The summed E-state index contributed by atoms with van der Waals surface area (Å²) < 4.78 is 5.52. The van der Waals surface area contributed by atoms with Crippen LogP contribution in [-0.4, -0.2) is 6.61 Å². The normalized spacial score (nSPS) is 10.9. The van der Waals surface area contributed by atoms with E-state index >= 15 is 0 Å². The Morgan fingerprint density at radius 3 is 1.82 bits per heavy atom. The molecule has 0 aromatic rings. The lowest BCUT2D eigenvalue weighted by Gasteiger charge is -2.03. The summed E-state index contributed by atoms with van der Waals surface area (Å²) in [5, 5.41) is 0. The molecule has 0 rings (SSSR count). The zero-order chi connectivity index (χ0) is 12.6. The smallest absolute Gasteiger partial charge is 0.0836 e. The third kappa shape index (κ3) is 16.0. The maximum atomic E-state index is 5.52. The first kappa shape index (κ1) is 17.0. The molecule has 0 aliphatic heterocycles. The summed E-state index contributed by atoms with van der Waals surface area (Å²) in [5.41, 5.74) is 0. The van der Waals surface area contributed by atoms with Gasteiger partial charge in [-0.05, 0) is 12.8 Å². The van der Waals surface area contributed by atoms with E-state index in [2.05, 4.69) is 13.8 Å². The first-order chi connectivity index (χ1) is 8.41. The topological polar surface area (TPSA) is 9.23 Å². The van der Waals surface area contributed by atoms with Crippen molar-refractivity contribution in [2.45, 2.75) is 90.9 Å². The van der Waals surface area contributed by atoms with Gasteiger partial charge in [-0.1, -0.05) is 78.1 Å². The van der Waals surface area contributed by atoms with E-state index in [0.717, 1.165) is 13.0 Å². The fourth-order valence-electron chi connectivity index (χ4n) is 1.96. The number of unbranched alkanes of at least 4 members (excludes halogenated alkanes) is 10. The molecule has 0 N–H and O–H groups in total. The van der Waals surface area contributed by atoms with Crippen molar-refractivity contribution in [2.75, 3.05) is 6.61 Å². The molecule has 0 aromatic heterocycles. The Bertz CT molecular complexity index is 109. The fraction of sp³-hybridized carbons (Fsp3) is 0.938. The van der Waals surface area contributed by atoms with Gasteiger partial charge in [-0.15, -0.1) is 0 Å². The average molecular weight is 241 g/mol. The van der Waals surface area contributed by atoms with Crippen molar-refractivity contribution in [2.24, 2.45) is 0 Å². The predicted molar refractivity (Wildman–Crippen MR) is 77.0 cm³/mol. The summed E-state index contributed by atoms with van der Waals surface area (Å²) >= 11 is 0. The van der Waals surface area contributed by atoms with E-state index in [1.54, 1.807) is 0 Å². The highest BCUT2D eigenvalue weighted by Crippen LogP contribution is 2.09. The van der Waals surface area contributed by atoms with Crippen LogP contribution in [0.5, 0.6) is 0 Å². The van der Waals surface area contributed by atoms with Crippen LogP contribution in [0.3, 0.4) is 0 Å². The molecule has 0 fully saturated rings. The van der Waals surface area contributed by atoms with Gasteiger partial charge in [-0.2, -0.15) is 0 Å². The Labute approximate surface area is 109 Å². The Balaban J connectivity index is 2.85. The maximum Gasteiger partial charge on any atom is 0.0836 e. The molecule has 0 bridgehead atoms. The van der Waals surface area contributed by atoms with E-state index in [0.29, 0.717) is 0 Å². The van der Waals surface area contributed by atoms with Crippen LogP contribution in [0, 0.1) is 6.61 Å². The van der Waals surface area contributed by atoms with Crippen molar-refractivity contribution in [1.29, 1.82) is 0 Å². The van der Waals surface area contributed by atoms with Crippen LogP contribution in [0.25, 0.3) is 0 Å². The van der Waals surface area contributed by atoms with Crippen molar-refractivity contribution in [1.82, 2.24) is 0 Å². The Morgan fingerprint density at radius 2 is 1.18 bits per heavy atom. The van der Waals surface area contributed by atoms with Crippen LogP contribution in [0.4, 0.5) is 0 Å². The van der Waals surface area contributed by atoms with Crippen LogP contribution < -0.4 is 0 Å². The number of hydrogen-bond donors (Lipinski definition) is 0. The van der Waals surface area contributed by atoms with Gasteiger partial charge in [0, 0.05) is 6.61 Å². The molecule has 0 amide bonds. The maximum absolute atomic E-state index is 5.52. The van der Waals surface area contributed by atoms with Crippen molar-refractivity contribution in [3.05, 3.63) is 6.61 Å². The molecule has 0 saturated heterocycles. The highest BCUT2D eigenvalue weighted by Gasteiger charge is 1.93. The van der Waals surface area contributed by atoms with Gasteiger partial charge >= 0.3 is 0 Å². The summed E-state index contributed by atoms with van der Waals surface area (Å²) in [6.07, 6.45) is 16.0. The van der Waals surface area contributed by atoms with Gasteiger partial charge in [0.05, 0.1) is 6.61 Å². The summed E-state index contributed by atoms with van der Waals surface area (Å²) in [7, 11) is 0. The van der Waals surface area contributed by atoms with Crippen LogP contribution in [0.15, 0.2) is 0 Å². The van der Waals surface area contributed by atoms with Crippen molar-refractivity contribution >= 4 is 0 Å². The molecular formula is C16H33O. The lowest BCUT2D eigenvalue weighted by atomic mass is 10.1. The minimum Gasteiger partial charge on any atom is -0.376 e. The minimum absolute atomic E-state index is 0.930. The lowest BCUT2D eigenvalue weighted by molar-refractivity contribution is 0.183. The standard InChI is InChI=1S/C16H33O/c1-3-5-7-9-10-12-14-16-17-15-13-11-8-6-4-2/h16H,3-15H2,1-2H3. The second-order valence-electron chi connectivity index (χ2n) is 5.01. The first-order valence-corrected chi connectivity index (χ1v) is 7.85. The molecule has 1 heteroatoms. The summed E-state index contributed by atoms with van der Waals surface area (Å²) in [5.74, 6) is 0. The van der Waals surface area contributed by atoms with Gasteiger partial charge < -0.3 is 4.74 Å². The Morgan fingerprint density at radius 1 is 0.647 bits per heavy atom. The molecule has 0 atom stereocenters. The van der Waals surface area contributed by atoms with Crippen LogP contribution in [0.1, 0.15) is 90.9 Å².